The summed E-state index contributed by atoms with van der Waals surface area (Å²) in [5, 5.41) is 12.9. The number of hydrogen-bond acceptors (Lipinski definition) is 3. The first-order valence-electron chi connectivity index (χ1n) is 5.22. The van der Waals surface area contributed by atoms with Crippen LogP contribution >= 0.6 is 11.6 Å². The van der Waals surface area contributed by atoms with Crippen LogP contribution in [0.15, 0.2) is 28.8 Å². The fourth-order valence-electron chi connectivity index (χ4n) is 1.51. The molecular weight excluding hydrogens is 245 g/mol. The highest BCUT2D eigenvalue weighted by Gasteiger charge is 2.10. The summed E-state index contributed by atoms with van der Waals surface area (Å²) in [7, 11) is 0. The summed E-state index contributed by atoms with van der Waals surface area (Å²) < 4.78 is 18.0. The van der Waals surface area contributed by atoms with Crippen LogP contribution < -0.4 is 0 Å². The van der Waals surface area contributed by atoms with Crippen molar-refractivity contribution < 1.29 is 14.0 Å². The van der Waals surface area contributed by atoms with Gasteiger partial charge in [-0.25, -0.2) is 4.39 Å². The monoisotopic (exact) mass is 255 g/mol. The van der Waals surface area contributed by atoms with Crippen LogP contribution in [0.1, 0.15) is 12.2 Å². The van der Waals surface area contributed by atoms with Crippen LogP contribution in [0.5, 0.6) is 0 Å². The fourth-order valence-corrected chi connectivity index (χ4v) is 1.77. The van der Waals surface area contributed by atoms with E-state index in [1.165, 1.54) is 12.1 Å². The van der Waals surface area contributed by atoms with Crippen LogP contribution in [-0.4, -0.2) is 16.9 Å². The lowest BCUT2D eigenvalue weighted by Crippen LogP contribution is -1.86. The molecule has 2 aromatic rings. The van der Waals surface area contributed by atoms with E-state index < -0.39 is 0 Å². The maximum atomic E-state index is 12.9. The van der Waals surface area contributed by atoms with Crippen LogP contribution in [0.25, 0.3) is 11.3 Å². The number of aliphatic hydroxyl groups excluding tert-OH is 1. The van der Waals surface area contributed by atoms with Crippen molar-refractivity contribution >= 4 is 11.6 Å². The van der Waals surface area contributed by atoms with Gasteiger partial charge in [-0.2, -0.15) is 0 Å². The molecule has 0 saturated carbocycles. The van der Waals surface area contributed by atoms with Crippen LogP contribution in [0.3, 0.4) is 0 Å². The maximum Gasteiger partial charge on any atom is 0.137 e. The molecule has 0 radical (unpaired) electrons. The third-order valence-corrected chi connectivity index (χ3v) is 2.66. The van der Waals surface area contributed by atoms with Gasteiger partial charge in [0.2, 0.25) is 0 Å². The Hall–Kier alpha value is -1.39. The summed E-state index contributed by atoms with van der Waals surface area (Å²) in [6.07, 6.45) is 1.23. The van der Waals surface area contributed by atoms with Crippen molar-refractivity contribution in [2.24, 2.45) is 0 Å². The minimum absolute atomic E-state index is 0.105. The molecule has 0 aliphatic rings. The molecule has 0 bridgehead atoms. The Morgan fingerprint density at radius 1 is 1.35 bits per heavy atom. The molecule has 0 aliphatic heterocycles. The molecule has 0 spiro atoms. The molecule has 5 heteroatoms. The van der Waals surface area contributed by atoms with Crippen LogP contribution in [-0.2, 0) is 6.42 Å². The smallest absolute Gasteiger partial charge is 0.137 e. The molecule has 2 rings (SSSR count). The van der Waals surface area contributed by atoms with Crippen molar-refractivity contribution in [3.05, 3.63) is 40.9 Å². The van der Waals surface area contributed by atoms with E-state index in [-0.39, 0.29) is 12.4 Å². The summed E-state index contributed by atoms with van der Waals surface area (Å²) in [6.45, 7) is 0.105. The summed E-state index contributed by atoms with van der Waals surface area (Å²) in [6, 6.07) is 5.86. The number of nitrogens with zero attached hydrogens (tertiary/aromatic N) is 1. The van der Waals surface area contributed by atoms with Crippen molar-refractivity contribution in [1.29, 1.82) is 0 Å². The fraction of sp³-hybridized carbons (Fsp3) is 0.250. The number of benzene rings is 1. The average Bonchev–Trinajstić information content (AvgIpc) is 2.75. The highest BCUT2D eigenvalue weighted by atomic mass is 35.5. The van der Waals surface area contributed by atoms with Gasteiger partial charge in [0, 0.05) is 24.7 Å². The summed E-state index contributed by atoms with van der Waals surface area (Å²) in [4.78, 5) is 0. The molecule has 0 amide bonds. The molecular formula is C12H11ClFNO2. The molecule has 0 aliphatic carbocycles. The second kappa shape index (κ2) is 5.29. The first-order chi connectivity index (χ1) is 8.20. The van der Waals surface area contributed by atoms with Gasteiger partial charge in [-0.15, -0.1) is 0 Å². The van der Waals surface area contributed by atoms with E-state index in [1.807, 2.05) is 0 Å². The van der Waals surface area contributed by atoms with E-state index in [2.05, 4.69) is 5.16 Å². The molecule has 1 heterocycles. The van der Waals surface area contributed by atoms with Gasteiger partial charge in [-0.1, -0.05) is 16.8 Å². The topological polar surface area (TPSA) is 46.3 Å². The largest absolute Gasteiger partial charge is 0.396 e. The van der Waals surface area contributed by atoms with Gasteiger partial charge in [-0.3, -0.25) is 0 Å². The molecule has 90 valence electrons. The highest BCUT2D eigenvalue weighted by Crippen LogP contribution is 2.28. The second-order valence-electron chi connectivity index (χ2n) is 3.63. The molecule has 1 aromatic carbocycles. The maximum absolute atomic E-state index is 12.9. The lowest BCUT2D eigenvalue weighted by molar-refractivity contribution is 0.280. The summed E-state index contributed by atoms with van der Waals surface area (Å²) >= 11 is 5.92. The Balaban J connectivity index is 2.24. The van der Waals surface area contributed by atoms with Crippen molar-refractivity contribution in [1.82, 2.24) is 5.16 Å². The number of aryl methyl sites for hydroxylation is 1. The molecule has 3 nitrogen and oxygen atoms in total. The van der Waals surface area contributed by atoms with E-state index >= 15 is 0 Å². The van der Waals surface area contributed by atoms with Crippen molar-refractivity contribution in [3.63, 3.8) is 0 Å². The first-order valence-corrected chi connectivity index (χ1v) is 5.60. The molecule has 1 N–H and O–H groups in total. The van der Waals surface area contributed by atoms with E-state index in [9.17, 15) is 4.39 Å². The third kappa shape index (κ3) is 2.84. The Morgan fingerprint density at radius 2 is 2.18 bits per heavy atom. The number of hydrogen-bond donors (Lipinski definition) is 1. The van der Waals surface area contributed by atoms with Gasteiger partial charge in [0.25, 0.3) is 0 Å². The van der Waals surface area contributed by atoms with Crippen molar-refractivity contribution in [2.75, 3.05) is 6.61 Å². The summed E-state index contributed by atoms with van der Waals surface area (Å²) in [5.41, 5.74) is 1.20. The quantitative estimate of drug-likeness (QED) is 0.913. The zero-order chi connectivity index (χ0) is 12.3. The van der Waals surface area contributed by atoms with Crippen LogP contribution in [0.4, 0.5) is 4.39 Å². The van der Waals surface area contributed by atoms with Gasteiger partial charge in [0.05, 0.1) is 5.02 Å². The average molecular weight is 256 g/mol. The van der Waals surface area contributed by atoms with Gasteiger partial charge in [0.15, 0.2) is 0 Å². The van der Waals surface area contributed by atoms with Gasteiger partial charge >= 0.3 is 0 Å². The molecule has 1 aromatic heterocycles. The van der Waals surface area contributed by atoms with Crippen molar-refractivity contribution in [3.8, 4) is 11.3 Å². The third-order valence-electron chi connectivity index (χ3n) is 2.35. The van der Waals surface area contributed by atoms with E-state index in [0.717, 1.165) is 0 Å². The molecule has 17 heavy (non-hydrogen) atoms. The molecule has 0 fully saturated rings. The highest BCUT2D eigenvalue weighted by molar-refractivity contribution is 6.33. The van der Waals surface area contributed by atoms with Crippen molar-refractivity contribution in [2.45, 2.75) is 12.8 Å². The van der Waals surface area contributed by atoms with Gasteiger partial charge in [-0.05, 0) is 24.6 Å². The number of aromatic nitrogens is 1. The Kier molecular flexibility index (Phi) is 3.76. The number of aliphatic hydroxyl groups is 1. The first kappa shape index (κ1) is 12.1. The standard InChI is InChI=1S/C12H11ClFNO2/c13-11-6-8(14)3-4-10(11)12-7-9(17-15-12)2-1-5-16/h3-4,6-7,16H,1-2,5H2. The lowest BCUT2D eigenvalue weighted by atomic mass is 10.1. The van der Waals surface area contributed by atoms with E-state index in [4.69, 9.17) is 21.2 Å². The Morgan fingerprint density at radius 3 is 2.88 bits per heavy atom. The zero-order valence-corrected chi connectivity index (χ0v) is 9.75. The minimum Gasteiger partial charge on any atom is -0.396 e. The van der Waals surface area contributed by atoms with E-state index in [1.54, 1.807) is 12.1 Å². The second-order valence-corrected chi connectivity index (χ2v) is 4.04. The zero-order valence-electron chi connectivity index (χ0n) is 8.99. The lowest BCUT2D eigenvalue weighted by Gasteiger charge is -1.98. The number of halogens is 2. The molecule has 0 saturated heterocycles. The SMILES string of the molecule is OCCCc1cc(-c2ccc(F)cc2Cl)no1. The predicted octanol–water partition coefficient (Wildman–Crippen LogP) is 3.06. The van der Waals surface area contributed by atoms with E-state index in [0.29, 0.717) is 34.9 Å². The van der Waals surface area contributed by atoms with Gasteiger partial charge in [0.1, 0.15) is 17.3 Å². The van der Waals surface area contributed by atoms with Gasteiger partial charge < -0.3 is 9.63 Å². The Labute approximate surface area is 103 Å². The predicted molar refractivity (Wildman–Crippen MR) is 62.3 cm³/mol. The number of rotatable bonds is 4. The normalized spacial score (nSPS) is 10.8. The van der Waals surface area contributed by atoms with Crippen LogP contribution in [0, 0.1) is 5.82 Å². The minimum atomic E-state index is -0.386. The summed E-state index contributed by atoms with van der Waals surface area (Å²) in [5.74, 6) is 0.289. The molecule has 0 atom stereocenters. The Bertz CT molecular complexity index is 513. The van der Waals surface area contributed by atoms with Crippen LogP contribution in [0.2, 0.25) is 5.02 Å². The molecule has 0 unspecified atom stereocenters.